The Hall–Kier alpha value is -1.34. The first-order valence-electron chi connectivity index (χ1n) is 8.81. The van der Waals surface area contributed by atoms with Crippen LogP contribution >= 0.6 is 11.6 Å². The molecule has 1 aromatic rings. The summed E-state index contributed by atoms with van der Waals surface area (Å²) in [6.45, 7) is 6.30. The minimum Gasteiger partial charge on any atom is -0.491 e. The van der Waals surface area contributed by atoms with Gasteiger partial charge in [-0.2, -0.15) is 0 Å². The van der Waals surface area contributed by atoms with Crippen LogP contribution < -0.4 is 4.74 Å². The molecule has 2 aliphatic rings. The number of benzene rings is 1. The third-order valence-corrected chi connectivity index (χ3v) is 5.09. The summed E-state index contributed by atoms with van der Waals surface area (Å²) in [5.74, 6) is -0.0680. The van der Waals surface area contributed by atoms with E-state index in [2.05, 4.69) is 4.90 Å². The lowest BCUT2D eigenvalue weighted by Crippen LogP contribution is -2.38. The van der Waals surface area contributed by atoms with Crippen LogP contribution in [0.15, 0.2) is 18.2 Å². The molecule has 3 rings (SSSR count). The molecule has 0 amide bonds. The van der Waals surface area contributed by atoms with E-state index < -0.39 is 5.97 Å². The van der Waals surface area contributed by atoms with E-state index >= 15 is 0 Å². The Morgan fingerprint density at radius 1 is 1.32 bits per heavy atom. The molecule has 6 nitrogen and oxygen atoms in total. The second-order valence-electron chi connectivity index (χ2n) is 6.53. The van der Waals surface area contributed by atoms with Gasteiger partial charge in [0, 0.05) is 26.2 Å². The highest BCUT2D eigenvalue weighted by Gasteiger charge is 2.30. The monoisotopic (exact) mass is 368 g/mol. The highest BCUT2D eigenvalue weighted by molar-refractivity contribution is 6.32. The van der Waals surface area contributed by atoms with Crippen molar-refractivity contribution in [3.8, 4) is 5.75 Å². The van der Waals surface area contributed by atoms with Crippen LogP contribution in [0.5, 0.6) is 5.75 Å². The molecule has 0 aromatic heterocycles. The number of rotatable bonds is 7. The van der Waals surface area contributed by atoms with Crippen LogP contribution in [-0.4, -0.2) is 72.9 Å². The van der Waals surface area contributed by atoms with Crippen LogP contribution in [0.4, 0.5) is 0 Å². The van der Waals surface area contributed by atoms with Gasteiger partial charge in [-0.3, -0.25) is 14.6 Å². The third-order valence-electron chi connectivity index (χ3n) is 4.80. The lowest BCUT2D eigenvalue weighted by Gasteiger charge is -2.26. The van der Waals surface area contributed by atoms with Gasteiger partial charge in [-0.15, -0.1) is 0 Å². The van der Waals surface area contributed by atoms with Crippen LogP contribution in [0.3, 0.4) is 0 Å². The van der Waals surface area contributed by atoms with E-state index in [9.17, 15) is 9.90 Å². The molecule has 138 valence electrons. The molecule has 0 spiro atoms. The summed E-state index contributed by atoms with van der Waals surface area (Å²) >= 11 is 6.34. The molecule has 2 fully saturated rings. The van der Waals surface area contributed by atoms with Crippen molar-refractivity contribution in [2.24, 2.45) is 0 Å². The SMILES string of the molecule is O=C(O)[C@H]1CCCN1Cc1ccc(OCCN2CCOCC2)c(Cl)c1. The lowest BCUT2D eigenvalue weighted by atomic mass is 10.1. The summed E-state index contributed by atoms with van der Waals surface area (Å²) in [5.41, 5.74) is 1.01. The van der Waals surface area contributed by atoms with Crippen LogP contribution in [0.2, 0.25) is 5.02 Å². The first-order valence-corrected chi connectivity index (χ1v) is 9.19. The number of ether oxygens (including phenoxy) is 2. The Balaban J connectivity index is 1.51. The second-order valence-corrected chi connectivity index (χ2v) is 6.94. The van der Waals surface area contributed by atoms with Crippen LogP contribution in [0.25, 0.3) is 0 Å². The van der Waals surface area contributed by atoms with E-state index in [1.165, 1.54) is 0 Å². The maximum absolute atomic E-state index is 11.3. The van der Waals surface area contributed by atoms with Gasteiger partial charge in [-0.1, -0.05) is 17.7 Å². The molecule has 1 N–H and O–H groups in total. The number of morpholine rings is 1. The fraction of sp³-hybridized carbons (Fsp3) is 0.611. The number of carbonyl (C=O) groups is 1. The molecule has 2 saturated heterocycles. The summed E-state index contributed by atoms with van der Waals surface area (Å²) in [6, 6.07) is 5.34. The van der Waals surface area contributed by atoms with Gasteiger partial charge < -0.3 is 14.6 Å². The van der Waals surface area contributed by atoms with Gasteiger partial charge in [0.25, 0.3) is 0 Å². The van der Waals surface area contributed by atoms with Crippen molar-refractivity contribution >= 4 is 17.6 Å². The number of carboxylic acids is 1. The number of hydrogen-bond donors (Lipinski definition) is 1. The van der Waals surface area contributed by atoms with Crippen molar-refractivity contribution < 1.29 is 19.4 Å². The zero-order valence-corrected chi connectivity index (χ0v) is 15.1. The van der Waals surface area contributed by atoms with Crippen molar-refractivity contribution in [1.29, 1.82) is 0 Å². The number of likely N-dealkylation sites (tertiary alicyclic amines) is 1. The molecule has 1 aromatic carbocycles. The van der Waals surface area contributed by atoms with E-state index in [-0.39, 0.29) is 6.04 Å². The second kappa shape index (κ2) is 8.85. The van der Waals surface area contributed by atoms with Crippen LogP contribution in [0.1, 0.15) is 18.4 Å². The largest absolute Gasteiger partial charge is 0.491 e. The van der Waals surface area contributed by atoms with E-state index in [0.717, 1.165) is 51.4 Å². The molecular formula is C18H25ClN2O4. The number of hydrogen-bond acceptors (Lipinski definition) is 5. The van der Waals surface area contributed by atoms with Gasteiger partial charge in [0.05, 0.1) is 18.2 Å². The number of carboxylic acid groups (broad SMARTS) is 1. The van der Waals surface area contributed by atoms with Crippen molar-refractivity contribution in [3.63, 3.8) is 0 Å². The zero-order valence-electron chi connectivity index (χ0n) is 14.3. The standard InChI is InChI=1S/C18H25ClN2O4/c19-15-12-14(13-21-5-1-2-16(21)18(22)23)3-4-17(15)25-11-8-20-6-9-24-10-7-20/h3-4,12,16H,1-2,5-11,13H2,(H,22,23)/t16-/m1/s1. The molecule has 0 unspecified atom stereocenters. The van der Waals surface area contributed by atoms with Gasteiger partial charge in [0.15, 0.2) is 0 Å². The highest BCUT2D eigenvalue weighted by atomic mass is 35.5. The molecule has 0 radical (unpaired) electrons. The smallest absolute Gasteiger partial charge is 0.320 e. The van der Waals surface area contributed by atoms with Crippen molar-refractivity contribution in [2.45, 2.75) is 25.4 Å². The average Bonchev–Trinajstić information content (AvgIpc) is 3.06. The first kappa shape index (κ1) is 18.5. The van der Waals surface area contributed by atoms with Gasteiger partial charge in [-0.25, -0.2) is 0 Å². The third kappa shape index (κ3) is 5.07. The van der Waals surface area contributed by atoms with E-state index in [4.69, 9.17) is 21.1 Å². The van der Waals surface area contributed by atoms with Gasteiger partial charge in [-0.05, 0) is 37.1 Å². The number of aliphatic carboxylic acids is 1. The molecule has 7 heteroatoms. The summed E-state index contributed by atoms with van der Waals surface area (Å²) in [6.07, 6.45) is 1.64. The van der Waals surface area contributed by atoms with E-state index in [1.54, 1.807) is 0 Å². The lowest BCUT2D eigenvalue weighted by molar-refractivity contribution is -0.142. The van der Waals surface area contributed by atoms with Gasteiger partial charge in [0.1, 0.15) is 18.4 Å². The average molecular weight is 369 g/mol. The Labute approximate surface area is 153 Å². The predicted molar refractivity (Wildman–Crippen MR) is 95.3 cm³/mol. The van der Waals surface area contributed by atoms with E-state index in [1.807, 2.05) is 23.1 Å². The molecule has 0 aliphatic carbocycles. The maximum atomic E-state index is 11.3. The molecule has 1 atom stereocenters. The molecule has 2 heterocycles. The molecular weight excluding hydrogens is 344 g/mol. The molecule has 2 aliphatic heterocycles. The normalized spacial score (nSPS) is 22.2. The van der Waals surface area contributed by atoms with Crippen molar-refractivity contribution in [1.82, 2.24) is 9.80 Å². The highest BCUT2D eigenvalue weighted by Crippen LogP contribution is 2.27. The summed E-state index contributed by atoms with van der Waals surface area (Å²) in [5, 5.41) is 9.84. The fourth-order valence-electron chi connectivity index (χ4n) is 3.40. The minimum absolute atomic E-state index is 0.386. The fourth-order valence-corrected chi connectivity index (χ4v) is 3.66. The van der Waals surface area contributed by atoms with Gasteiger partial charge in [0.2, 0.25) is 0 Å². The Morgan fingerprint density at radius 2 is 2.12 bits per heavy atom. The van der Waals surface area contributed by atoms with Crippen LogP contribution in [-0.2, 0) is 16.1 Å². The molecule has 0 bridgehead atoms. The maximum Gasteiger partial charge on any atom is 0.320 e. The van der Waals surface area contributed by atoms with Gasteiger partial charge >= 0.3 is 5.97 Å². The van der Waals surface area contributed by atoms with Crippen molar-refractivity contribution in [3.05, 3.63) is 28.8 Å². The number of nitrogens with zero attached hydrogens (tertiary/aromatic N) is 2. The Morgan fingerprint density at radius 3 is 2.84 bits per heavy atom. The van der Waals surface area contributed by atoms with Crippen molar-refractivity contribution in [2.75, 3.05) is 46.0 Å². The summed E-state index contributed by atoms with van der Waals surface area (Å²) in [4.78, 5) is 15.6. The van der Waals surface area contributed by atoms with Crippen LogP contribution in [0, 0.1) is 0 Å². The minimum atomic E-state index is -0.744. The first-order chi connectivity index (χ1) is 12.1. The Kier molecular flexibility index (Phi) is 6.53. The van der Waals surface area contributed by atoms with E-state index in [0.29, 0.717) is 30.3 Å². The topological polar surface area (TPSA) is 62.2 Å². The summed E-state index contributed by atoms with van der Waals surface area (Å²) in [7, 11) is 0. The zero-order chi connectivity index (χ0) is 17.6. The quantitative estimate of drug-likeness (QED) is 0.795. The predicted octanol–water partition coefficient (Wildman–Crippen LogP) is 2.10. The molecule has 0 saturated carbocycles. The Bertz CT molecular complexity index is 592. The number of halogens is 1. The summed E-state index contributed by atoms with van der Waals surface area (Å²) < 4.78 is 11.1. The molecule has 25 heavy (non-hydrogen) atoms.